The molecule has 1 aliphatic rings. The number of nitrogens with one attached hydrogen (secondary N) is 3. The SMILES string of the molecule is COc1cc2nccc(Oc3ccc(NC(=O)C(=N)/C(=C\Nc4cnc(N)nc4)OCC4CC4)nc3)c2cc1OC. The average Bonchev–Trinajstić information content (AvgIpc) is 3.83. The first-order valence-corrected chi connectivity index (χ1v) is 12.7. The number of carbonyl (C=O) groups is 1. The molecule has 0 saturated heterocycles. The number of amides is 1. The fourth-order valence-electron chi connectivity index (χ4n) is 3.71. The first-order chi connectivity index (χ1) is 19.9. The number of ether oxygens (including phenoxy) is 4. The van der Waals surface area contributed by atoms with Crippen LogP contribution in [0.25, 0.3) is 10.9 Å². The van der Waals surface area contributed by atoms with Crippen molar-refractivity contribution in [1.82, 2.24) is 19.9 Å². The Morgan fingerprint density at radius 2 is 1.78 bits per heavy atom. The van der Waals surface area contributed by atoms with E-state index in [2.05, 4.69) is 30.6 Å². The minimum atomic E-state index is -0.690. The molecule has 5 rings (SSSR count). The van der Waals surface area contributed by atoms with Gasteiger partial charge in [0, 0.05) is 23.8 Å². The summed E-state index contributed by atoms with van der Waals surface area (Å²) in [5, 5.41) is 14.7. The molecule has 1 amide bonds. The number of fused-ring (bicyclic) bond motifs is 1. The van der Waals surface area contributed by atoms with Crippen molar-refractivity contribution in [3.63, 3.8) is 0 Å². The number of benzene rings is 1. The summed E-state index contributed by atoms with van der Waals surface area (Å²) in [6, 6.07) is 8.51. The largest absolute Gasteiger partial charge is 0.493 e. The standard InChI is InChI=1S/C28H28N8O5/c1-38-22-9-19-20(10-23(22)39-2)31-8-7-21(19)41-18-5-6-25(33-13-18)36-27(37)26(29)24(40-15-16-3-4-16)14-32-17-11-34-28(30)35-12-17/h5-14,16,29,32H,3-4,15H2,1-2H3,(H2,30,34,35)(H,33,36,37)/b24-14+,29-26?. The topological polar surface area (TPSA) is 179 Å². The van der Waals surface area contributed by atoms with Gasteiger partial charge in [-0.3, -0.25) is 15.2 Å². The highest BCUT2D eigenvalue weighted by Crippen LogP contribution is 2.36. The van der Waals surface area contributed by atoms with E-state index < -0.39 is 5.91 Å². The lowest BCUT2D eigenvalue weighted by atomic mass is 10.2. The van der Waals surface area contributed by atoms with E-state index in [-0.39, 0.29) is 23.2 Å². The molecule has 0 spiro atoms. The quantitative estimate of drug-likeness (QED) is 0.145. The van der Waals surface area contributed by atoms with Crippen LogP contribution in [-0.2, 0) is 9.53 Å². The Morgan fingerprint density at radius 1 is 1.02 bits per heavy atom. The fourth-order valence-corrected chi connectivity index (χ4v) is 3.71. The van der Waals surface area contributed by atoms with Gasteiger partial charge in [-0.1, -0.05) is 0 Å². The number of hydrogen-bond acceptors (Lipinski definition) is 12. The van der Waals surface area contributed by atoms with Crippen LogP contribution in [0.15, 0.2) is 67.1 Å². The minimum absolute atomic E-state index is 0.0720. The molecule has 1 saturated carbocycles. The Balaban J connectivity index is 1.26. The third-order valence-electron chi connectivity index (χ3n) is 6.10. The van der Waals surface area contributed by atoms with Crippen molar-refractivity contribution in [1.29, 1.82) is 5.41 Å². The predicted octanol–water partition coefficient (Wildman–Crippen LogP) is 4.15. The van der Waals surface area contributed by atoms with Crippen LogP contribution in [0, 0.1) is 11.3 Å². The van der Waals surface area contributed by atoms with Crippen LogP contribution in [0.4, 0.5) is 17.5 Å². The zero-order valence-corrected chi connectivity index (χ0v) is 22.4. The average molecular weight is 557 g/mol. The third-order valence-corrected chi connectivity index (χ3v) is 6.10. The van der Waals surface area contributed by atoms with Crippen LogP contribution < -0.4 is 30.6 Å². The van der Waals surface area contributed by atoms with Gasteiger partial charge in [0.15, 0.2) is 23.0 Å². The maximum Gasteiger partial charge on any atom is 0.278 e. The molecular weight excluding hydrogens is 528 g/mol. The second-order valence-corrected chi connectivity index (χ2v) is 9.08. The molecule has 1 aliphatic carbocycles. The van der Waals surface area contributed by atoms with Gasteiger partial charge in [0.05, 0.1) is 50.6 Å². The molecule has 13 nitrogen and oxygen atoms in total. The highest BCUT2D eigenvalue weighted by atomic mass is 16.5. The lowest BCUT2D eigenvalue weighted by Crippen LogP contribution is -2.26. The number of nitrogen functional groups attached to an aromatic ring is 1. The molecule has 0 bridgehead atoms. The number of rotatable bonds is 12. The first kappa shape index (κ1) is 27.1. The van der Waals surface area contributed by atoms with Crippen molar-refractivity contribution < 1.29 is 23.7 Å². The predicted molar refractivity (Wildman–Crippen MR) is 152 cm³/mol. The molecule has 41 heavy (non-hydrogen) atoms. The second-order valence-electron chi connectivity index (χ2n) is 9.08. The van der Waals surface area contributed by atoms with E-state index in [0.29, 0.717) is 46.7 Å². The van der Waals surface area contributed by atoms with Gasteiger partial charge in [-0.15, -0.1) is 0 Å². The number of aromatic nitrogens is 4. The zero-order chi connectivity index (χ0) is 28.8. The second kappa shape index (κ2) is 12.2. The summed E-state index contributed by atoms with van der Waals surface area (Å²) in [7, 11) is 3.12. The summed E-state index contributed by atoms with van der Waals surface area (Å²) in [5.74, 6) is 2.25. The van der Waals surface area contributed by atoms with E-state index >= 15 is 0 Å². The van der Waals surface area contributed by atoms with Crippen molar-refractivity contribution in [2.24, 2.45) is 5.92 Å². The lowest BCUT2D eigenvalue weighted by molar-refractivity contribution is -0.110. The van der Waals surface area contributed by atoms with Crippen LogP contribution in [0.3, 0.4) is 0 Å². The third kappa shape index (κ3) is 6.76. The van der Waals surface area contributed by atoms with Gasteiger partial charge in [-0.2, -0.15) is 0 Å². The molecule has 210 valence electrons. The Kier molecular flexibility index (Phi) is 8.04. The van der Waals surface area contributed by atoms with Gasteiger partial charge in [-0.05, 0) is 43.0 Å². The Bertz CT molecular complexity index is 1590. The number of nitrogens with zero attached hydrogens (tertiary/aromatic N) is 4. The Morgan fingerprint density at radius 3 is 2.46 bits per heavy atom. The van der Waals surface area contributed by atoms with Gasteiger partial charge in [0.25, 0.3) is 5.91 Å². The highest BCUT2D eigenvalue weighted by molar-refractivity contribution is 6.47. The molecule has 0 atom stereocenters. The van der Waals surface area contributed by atoms with Crippen LogP contribution in [0.1, 0.15) is 12.8 Å². The lowest BCUT2D eigenvalue weighted by Gasteiger charge is -2.13. The molecular formula is C28H28N8O5. The van der Waals surface area contributed by atoms with Crippen LogP contribution in [0.5, 0.6) is 23.0 Å². The zero-order valence-electron chi connectivity index (χ0n) is 22.4. The van der Waals surface area contributed by atoms with E-state index in [4.69, 9.17) is 30.1 Å². The summed E-state index contributed by atoms with van der Waals surface area (Å²) in [5.41, 5.74) is 6.34. The van der Waals surface area contributed by atoms with E-state index in [1.165, 1.54) is 24.8 Å². The van der Waals surface area contributed by atoms with Crippen molar-refractivity contribution in [2.45, 2.75) is 12.8 Å². The van der Waals surface area contributed by atoms with Crippen LogP contribution in [-0.4, -0.2) is 52.4 Å². The highest BCUT2D eigenvalue weighted by Gasteiger charge is 2.25. The summed E-state index contributed by atoms with van der Waals surface area (Å²) in [6.07, 6.45) is 9.60. The summed E-state index contributed by atoms with van der Waals surface area (Å²) < 4.78 is 22.6. The Hall–Kier alpha value is -5.46. The number of carbonyl (C=O) groups excluding carboxylic acids is 1. The number of nitrogens with two attached hydrogens (primary N) is 1. The Labute approximate surface area is 235 Å². The van der Waals surface area contributed by atoms with Gasteiger partial charge in [0.1, 0.15) is 17.3 Å². The molecule has 1 fully saturated rings. The molecule has 5 N–H and O–H groups in total. The molecule has 0 aliphatic heterocycles. The molecule has 3 heterocycles. The minimum Gasteiger partial charge on any atom is -0.493 e. The van der Waals surface area contributed by atoms with E-state index in [9.17, 15) is 4.79 Å². The maximum atomic E-state index is 12.9. The number of hydrogen-bond donors (Lipinski definition) is 4. The summed E-state index contributed by atoms with van der Waals surface area (Å²) in [6.45, 7) is 0.411. The number of anilines is 3. The monoisotopic (exact) mass is 556 g/mol. The van der Waals surface area contributed by atoms with Crippen molar-refractivity contribution >= 4 is 40.0 Å². The molecule has 3 aromatic heterocycles. The van der Waals surface area contributed by atoms with Crippen LogP contribution in [0.2, 0.25) is 0 Å². The van der Waals surface area contributed by atoms with E-state index in [1.54, 1.807) is 50.7 Å². The first-order valence-electron chi connectivity index (χ1n) is 12.7. The van der Waals surface area contributed by atoms with E-state index in [1.807, 2.05) is 0 Å². The van der Waals surface area contributed by atoms with Crippen molar-refractivity contribution in [3.05, 3.63) is 67.1 Å². The fraction of sp³-hybridized carbons (Fsp3) is 0.214. The van der Waals surface area contributed by atoms with Crippen molar-refractivity contribution in [2.75, 3.05) is 37.2 Å². The number of pyridine rings is 2. The number of methoxy groups -OCH3 is 2. The van der Waals surface area contributed by atoms with Gasteiger partial charge < -0.3 is 35.3 Å². The molecule has 4 aromatic rings. The molecule has 1 aromatic carbocycles. The van der Waals surface area contributed by atoms with Gasteiger partial charge in [-0.25, -0.2) is 15.0 Å². The molecule has 0 radical (unpaired) electrons. The molecule has 0 unspecified atom stereocenters. The van der Waals surface area contributed by atoms with E-state index in [0.717, 1.165) is 18.2 Å². The smallest absolute Gasteiger partial charge is 0.278 e. The maximum absolute atomic E-state index is 12.9. The normalized spacial score (nSPS) is 12.9. The summed E-state index contributed by atoms with van der Waals surface area (Å²) in [4.78, 5) is 29.3. The summed E-state index contributed by atoms with van der Waals surface area (Å²) >= 11 is 0. The van der Waals surface area contributed by atoms with Crippen molar-refractivity contribution in [3.8, 4) is 23.0 Å². The van der Waals surface area contributed by atoms with Crippen LogP contribution >= 0.6 is 0 Å². The van der Waals surface area contributed by atoms with Gasteiger partial charge in [0.2, 0.25) is 5.95 Å². The molecule has 13 heteroatoms. The van der Waals surface area contributed by atoms with Gasteiger partial charge >= 0.3 is 0 Å².